The highest BCUT2D eigenvalue weighted by atomic mass is 16.2. The summed E-state index contributed by atoms with van der Waals surface area (Å²) in [4.78, 5) is 23.7. The molecule has 3 heteroatoms. The molecule has 2 aliphatic rings. The van der Waals surface area contributed by atoms with E-state index in [0.29, 0.717) is 12.3 Å². The normalized spacial score (nSPS) is 29.3. The number of carbonyl (C=O) groups excluding carboxylic acids is 2. The minimum Gasteiger partial charge on any atom is -0.356 e. The lowest BCUT2D eigenvalue weighted by Crippen LogP contribution is -2.31. The number of fused-ring (bicyclic) bond motifs is 1. The molecule has 18 heavy (non-hydrogen) atoms. The fourth-order valence-electron chi connectivity index (χ4n) is 3.09. The molecule has 1 heterocycles. The molecule has 94 valence electrons. The molecule has 1 N–H and O–H groups in total. The van der Waals surface area contributed by atoms with Gasteiger partial charge in [0.05, 0.1) is 5.92 Å². The summed E-state index contributed by atoms with van der Waals surface area (Å²) in [5.74, 6) is 0.690. The summed E-state index contributed by atoms with van der Waals surface area (Å²) in [6, 6.07) is 10.0. The standard InChI is InChI=1S/C15H17NO2/c17-12(7-6-10-4-2-1-3-5-10)13-11-8-9-16-15(18)14(11)13/h1-5,11,13-14H,6-9H2,(H,16,18)/t11-,13-,14+/m1/s1. The van der Waals surface area contributed by atoms with E-state index in [4.69, 9.17) is 0 Å². The lowest BCUT2D eigenvalue weighted by molar-refractivity contribution is -0.126. The molecule has 0 unspecified atom stereocenters. The molecule has 1 saturated carbocycles. The Morgan fingerprint density at radius 1 is 1.28 bits per heavy atom. The highest BCUT2D eigenvalue weighted by Gasteiger charge is 2.58. The van der Waals surface area contributed by atoms with Crippen molar-refractivity contribution in [3.63, 3.8) is 0 Å². The van der Waals surface area contributed by atoms with Gasteiger partial charge in [0.25, 0.3) is 0 Å². The Kier molecular flexibility index (Phi) is 2.90. The van der Waals surface area contributed by atoms with Crippen LogP contribution >= 0.6 is 0 Å². The third kappa shape index (κ3) is 2.05. The number of hydrogen-bond acceptors (Lipinski definition) is 2. The van der Waals surface area contributed by atoms with E-state index in [0.717, 1.165) is 19.4 Å². The highest BCUT2D eigenvalue weighted by Crippen LogP contribution is 2.51. The Bertz CT molecular complexity index is 469. The second kappa shape index (κ2) is 4.56. The number of carbonyl (C=O) groups is 2. The minimum absolute atomic E-state index is 0.0104. The Hall–Kier alpha value is -1.64. The molecule has 2 fully saturated rings. The van der Waals surface area contributed by atoms with Gasteiger partial charge in [0.15, 0.2) is 0 Å². The second-order valence-corrected chi connectivity index (χ2v) is 5.25. The van der Waals surface area contributed by atoms with Crippen molar-refractivity contribution in [1.82, 2.24) is 5.32 Å². The van der Waals surface area contributed by atoms with E-state index in [-0.39, 0.29) is 23.5 Å². The van der Waals surface area contributed by atoms with Crippen LogP contribution in [0.15, 0.2) is 30.3 Å². The van der Waals surface area contributed by atoms with E-state index in [1.54, 1.807) is 0 Å². The number of aryl methyl sites for hydroxylation is 1. The summed E-state index contributed by atoms with van der Waals surface area (Å²) >= 11 is 0. The quantitative estimate of drug-likeness (QED) is 0.872. The van der Waals surface area contributed by atoms with Crippen LogP contribution in [-0.2, 0) is 16.0 Å². The summed E-state index contributed by atoms with van der Waals surface area (Å²) in [5, 5.41) is 2.84. The van der Waals surface area contributed by atoms with Crippen molar-refractivity contribution in [2.45, 2.75) is 19.3 Å². The molecule has 3 rings (SSSR count). The molecule has 0 aromatic heterocycles. The number of nitrogens with one attached hydrogen (secondary N) is 1. The number of benzene rings is 1. The van der Waals surface area contributed by atoms with Gasteiger partial charge in [-0.2, -0.15) is 0 Å². The Morgan fingerprint density at radius 3 is 2.78 bits per heavy atom. The van der Waals surface area contributed by atoms with Crippen molar-refractivity contribution in [2.75, 3.05) is 6.54 Å². The number of amides is 1. The Morgan fingerprint density at radius 2 is 2.06 bits per heavy atom. The number of Topliss-reactive ketones (excluding diaryl/α,β-unsaturated/α-hetero) is 1. The lowest BCUT2D eigenvalue weighted by atomic mass is 10.0. The first-order valence-electron chi connectivity index (χ1n) is 6.62. The minimum atomic E-state index is -0.0120. The van der Waals surface area contributed by atoms with Gasteiger partial charge in [-0.3, -0.25) is 9.59 Å². The van der Waals surface area contributed by atoms with Gasteiger partial charge in [0, 0.05) is 18.9 Å². The summed E-state index contributed by atoms with van der Waals surface area (Å²) in [5.41, 5.74) is 1.19. The summed E-state index contributed by atoms with van der Waals surface area (Å²) < 4.78 is 0. The first-order valence-corrected chi connectivity index (χ1v) is 6.62. The van der Waals surface area contributed by atoms with Crippen LogP contribution in [0.2, 0.25) is 0 Å². The van der Waals surface area contributed by atoms with Gasteiger partial charge in [-0.05, 0) is 24.3 Å². The van der Waals surface area contributed by atoms with E-state index in [2.05, 4.69) is 5.32 Å². The fraction of sp³-hybridized carbons (Fsp3) is 0.467. The van der Waals surface area contributed by atoms with Crippen molar-refractivity contribution < 1.29 is 9.59 Å². The van der Waals surface area contributed by atoms with Gasteiger partial charge in [0.2, 0.25) is 5.91 Å². The molecule has 0 bridgehead atoms. The van der Waals surface area contributed by atoms with Crippen LogP contribution in [0, 0.1) is 17.8 Å². The second-order valence-electron chi connectivity index (χ2n) is 5.25. The Balaban J connectivity index is 1.56. The summed E-state index contributed by atoms with van der Waals surface area (Å²) in [6.45, 7) is 0.739. The molecule has 1 aromatic carbocycles. The van der Waals surface area contributed by atoms with Gasteiger partial charge in [-0.1, -0.05) is 30.3 Å². The van der Waals surface area contributed by atoms with E-state index in [1.807, 2.05) is 30.3 Å². The predicted octanol–water partition coefficient (Wildman–Crippen LogP) is 1.57. The molecule has 1 aliphatic carbocycles. The average molecular weight is 243 g/mol. The van der Waals surface area contributed by atoms with Gasteiger partial charge >= 0.3 is 0 Å². The van der Waals surface area contributed by atoms with Gasteiger partial charge in [-0.15, -0.1) is 0 Å². The number of hydrogen-bond donors (Lipinski definition) is 1. The molecule has 1 aromatic rings. The molecule has 0 radical (unpaired) electrons. The molecule has 3 atom stereocenters. The lowest BCUT2D eigenvalue weighted by Gasteiger charge is -2.08. The van der Waals surface area contributed by atoms with Crippen LogP contribution in [0.5, 0.6) is 0 Å². The Labute approximate surface area is 107 Å². The van der Waals surface area contributed by atoms with Crippen molar-refractivity contribution in [3.8, 4) is 0 Å². The zero-order valence-corrected chi connectivity index (χ0v) is 10.3. The van der Waals surface area contributed by atoms with Gasteiger partial charge in [-0.25, -0.2) is 0 Å². The third-order valence-electron chi connectivity index (χ3n) is 4.12. The van der Waals surface area contributed by atoms with Crippen LogP contribution in [0.3, 0.4) is 0 Å². The monoisotopic (exact) mass is 243 g/mol. The molecular formula is C15H17NO2. The summed E-state index contributed by atoms with van der Waals surface area (Å²) in [6.07, 6.45) is 2.32. The van der Waals surface area contributed by atoms with Gasteiger partial charge < -0.3 is 5.32 Å². The van der Waals surface area contributed by atoms with Crippen molar-refractivity contribution in [3.05, 3.63) is 35.9 Å². The predicted molar refractivity (Wildman–Crippen MR) is 67.9 cm³/mol. The smallest absolute Gasteiger partial charge is 0.224 e. The summed E-state index contributed by atoms with van der Waals surface area (Å²) in [7, 11) is 0. The topological polar surface area (TPSA) is 46.2 Å². The number of ketones is 1. The SMILES string of the molecule is O=C(CCc1ccccc1)[C@H]1[C@H]2CCNC(=O)[C@@H]21. The zero-order valence-electron chi connectivity index (χ0n) is 10.3. The molecule has 0 spiro atoms. The maximum atomic E-state index is 12.1. The molecular weight excluding hydrogens is 226 g/mol. The van der Waals surface area contributed by atoms with Crippen molar-refractivity contribution in [2.24, 2.45) is 17.8 Å². The number of piperidine rings is 1. The average Bonchev–Trinajstić information content (AvgIpc) is 3.13. The third-order valence-corrected chi connectivity index (χ3v) is 4.12. The van der Waals surface area contributed by atoms with E-state index in [9.17, 15) is 9.59 Å². The van der Waals surface area contributed by atoms with Crippen molar-refractivity contribution in [1.29, 1.82) is 0 Å². The molecule has 1 aliphatic heterocycles. The van der Waals surface area contributed by atoms with Crippen LogP contribution in [0.4, 0.5) is 0 Å². The van der Waals surface area contributed by atoms with Crippen LogP contribution < -0.4 is 5.32 Å². The largest absolute Gasteiger partial charge is 0.356 e. The van der Waals surface area contributed by atoms with Crippen LogP contribution in [0.25, 0.3) is 0 Å². The number of rotatable bonds is 4. The van der Waals surface area contributed by atoms with Crippen LogP contribution in [0.1, 0.15) is 18.4 Å². The first-order chi connectivity index (χ1) is 8.77. The van der Waals surface area contributed by atoms with Crippen molar-refractivity contribution >= 4 is 11.7 Å². The molecule has 3 nitrogen and oxygen atoms in total. The fourth-order valence-corrected chi connectivity index (χ4v) is 3.09. The maximum absolute atomic E-state index is 12.1. The zero-order chi connectivity index (χ0) is 12.5. The van der Waals surface area contributed by atoms with E-state index >= 15 is 0 Å². The van der Waals surface area contributed by atoms with E-state index < -0.39 is 0 Å². The van der Waals surface area contributed by atoms with Crippen LogP contribution in [-0.4, -0.2) is 18.2 Å². The molecule has 1 saturated heterocycles. The maximum Gasteiger partial charge on any atom is 0.224 e. The van der Waals surface area contributed by atoms with E-state index in [1.165, 1.54) is 5.56 Å². The van der Waals surface area contributed by atoms with Gasteiger partial charge in [0.1, 0.15) is 5.78 Å². The first kappa shape index (κ1) is 11.5. The molecule has 1 amide bonds. The highest BCUT2D eigenvalue weighted by molar-refractivity contribution is 5.95.